The van der Waals surface area contributed by atoms with Crippen LogP contribution in [-0.4, -0.2) is 38.8 Å². The minimum Gasteiger partial charge on any atom is -0.371 e. The fraction of sp³-hybridized carbons (Fsp3) is 0.421. The summed E-state index contributed by atoms with van der Waals surface area (Å²) in [5.41, 5.74) is 2.13. The summed E-state index contributed by atoms with van der Waals surface area (Å²) in [5.74, 6) is -0.136. The molecular formula is C19H25N3O3S2. The van der Waals surface area contributed by atoms with Crippen molar-refractivity contribution in [2.75, 3.05) is 25.0 Å². The Morgan fingerprint density at radius 3 is 2.59 bits per heavy atom. The quantitative estimate of drug-likeness (QED) is 0.766. The van der Waals surface area contributed by atoms with Gasteiger partial charge in [-0.25, -0.2) is 8.42 Å². The number of hydrogen-bond donors (Lipinski definition) is 1. The summed E-state index contributed by atoms with van der Waals surface area (Å²) in [7, 11) is -1.96. The molecule has 0 saturated carbocycles. The number of thiophene rings is 1. The van der Waals surface area contributed by atoms with Crippen LogP contribution in [0.3, 0.4) is 0 Å². The SMILES string of the molecule is CC(=O)NCc1ccc(S(=O)(=O)N(C)Cc2ccccc2N2CCCC2)s1. The normalized spacial score (nSPS) is 14.7. The van der Waals surface area contributed by atoms with Crippen molar-refractivity contribution in [2.24, 2.45) is 0 Å². The van der Waals surface area contributed by atoms with E-state index in [9.17, 15) is 13.2 Å². The Labute approximate surface area is 164 Å². The molecule has 1 aromatic carbocycles. The third kappa shape index (κ3) is 4.69. The number of anilines is 1. The molecule has 1 aliphatic heterocycles. The number of nitrogens with zero attached hydrogens (tertiary/aromatic N) is 2. The molecule has 0 atom stereocenters. The van der Waals surface area contributed by atoms with Gasteiger partial charge in [0.05, 0.1) is 6.54 Å². The molecule has 0 bridgehead atoms. The number of sulfonamides is 1. The van der Waals surface area contributed by atoms with Gasteiger partial charge in [0.2, 0.25) is 5.91 Å². The summed E-state index contributed by atoms with van der Waals surface area (Å²) < 4.78 is 27.6. The summed E-state index contributed by atoms with van der Waals surface area (Å²) in [4.78, 5) is 14.2. The monoisotopic (exact) mass is 407 g/mol. The summed E-state index contributed by atoms with van der Waals surface area (Å²) in [5, 5.41) is 2.69. The molecule has 3 rings (SSSR count). The van der Waals surface area contributed by atoms with Gasteiger partial charge >= 0.3 is 0 Å². The number of para-hydroxylation sites is 1. The molecule has 1 fully saturated rings. The highest BCUT2D eigenvalue weighted by molar-refractivity contribution is 7.91. The second kappa shape index (κ2) is 8.41. The lowest BCUT2D eigenvalue weighted by atomic mass is 10.1. The number of nitrogens with one attached hydrogen (secondary N) is 1. The van der Waals surface area contributed by atoms with E-state index < -0.39 is 10.0 Å². The third-order valence-electron chi connectivity index (χ3n) is 4.64. The minimum atomic E-state index is -3.57. The Kier molecular flexibility index (Phi) is 6.18. The predicted molar refractivity (Wildman–Crippen MR) is 108 cm³/mol. The molecule has 1 aromatic heterocycles. The highest BCUT2D eigenvalue weighted by Gasteiger charge is 2.25. The van der Waals surface area contributed by atoms with Crippen LogP contribution < -0.4 is 10.2 Å². The van der Waals surface area contributed by atoms with Crippen molar-refractivity contribution in [3.63, 3.8) is 0 Å². The van der Waals surface area contributed by atoms with Gasteiger partial charge in [-0.15, -0.1) is 11.3 Å². The summed E-state index contributed by atoms with van der Waals surface area (Å²) in [6.07, 6.45) is 2.35. The Balaban J connectivity index is 1.75. The molecule has 1 saturated heterocycles. The zero-order chi connectivity index (χ0) is 19.4. The molecule has 2 heterocycles. The lowest BCUT2D eigenvalue weighted by molar-refractivity contribution is -0.119. The van der Waals surface area contributed by atoms with Gasteiger partial charge < -0.3 is 10.2 Å². The zero-order valence-electron chi connectivity index (χ0n) is 15.6. The average Bonchev–Trinajstić information content (AvgIpc) is 3.32. The highest BCUT2D eigenvalue weighted by atomic mass is 32.2. The van der Waals surface area contributed by atoms with Gasteiger partial charge in [-0.1, -0.05) is 18.2 Å². The first-order valence-corrected chi connectivity index (χ1v) is 11.3. The first-order valence-electron chi connectivity index (χ1n) is 9.00. The van der Waals surface area contributed by atoms with Gasteiger partial charge in [-0.05, 0) is 36.6 Å². The first-order chi connectivity index (χ1) is 12.9. The second-order valence-corrected chi connectivity index (χ2v) is 10.2. The molecule has 0 radical (unpaired) electrons. The lowest BCUT2D eigenvalue weighted by Crippen LogP contribution is -2.27. The van der Waals surface area contributed by atoms with E-state index in [2.05, 4.69) is 16.3 Å². The molecule has 1 amide bonds. The molecular weight excluding hydrogens is 382 g/mol. The van der Waals surface area contributed by atoms with E-state index in [0.29, 0.717) is 17.3 Å². The van der Waals surface area contributed by atoms with Crippen molar-refractivity contribution in [1.82, 2.24) is 9.62 Å². The second-order valence-electron chi connectivity index (χ2n) is 6.71. The molecule has 146 valence electrons. The summed E-state index contributed by atoms with van der Waals surface area (Å²) >= 11 is 1.20. The highest BCUT2D eigenvalue weighted by Crippen LogP contribution is 2.29. The molecule has 8 heteroatoms. The number of rotatable bonds is 7. The van der Waals surface area contributed by atoms with Crippen LogP contribution in [0.25, 0.3) is 0 Å². The van der Waals surface area contributed by atoms with Crippen molar-refractivity contribution in [1.29, 1.82) is 0 Å². The maximum absolute atomic E-state index is 13.0. The van der Waals surface area contributed by atoms with Gasteiger partial charge in [-0.3, -0.25) is 4.79 Å². The summed E-state index contributed by atoms with van der Waals surface area (Å²) in [6.45, 7) is 4.15. The van der Waals surface area contributed by atoms with Gasteiger partial charge in [0, 0.05) is 44.2 Å². The molecule has 6 nitrogen and oxygen atoms in total. The lowest BCUT2D eigenvalue weighted by Gasteiger charge is -2.24. The number of benzene rings is 1. The Bertz CT molecular complexity index is 902. The fourth-order valence-corrected chi connectivity index (χ4v) is 5.85. The third-order valence-corrected chi connectivity index (χ3v) is 8.00. The molecule has 27 heavy (non-hydrogen) atoms. The number of amides is 1. The Hall–Kier alpha value is -1.90. The van der Waals surface area contributed by atoms with Crippen molar-refractivity contribution < 1.29 is 13.2 Å². The standard InChI is InChI=1S/C19H25N3O3S2/c1-15(23)20-13-17-9-10-19(26-17)27(24,25)21(2)14-16-7-3-4-8-18(16)22-11-5-6-12-22/h3-4,7-10H,5-6,11-14H2,1-2H3,(H,20,23). The van der Waals surface area contributed by atoms with Crippen LogP contribution >= 0.6 is 11.3 Å². The zero-order valence-corrected chi connectivity index (χ0v) is 17.3. The molecule has 0 spiro atoms. The fourth-order valence-electron chi connectivity index (χ4n) is 3.19. The Morgan fingerprint density at radius 1 is 1.19 bits per heavy atom. The number of carbonyl (C=O) groups is 1. The van der Waals surface area contributed by atoms with Crippen LogP contribution in [0.2, 0.25) is 0 Å². The van der Waals surface area contributed by atoms with Crippen molar-refractivity contribution in [3.8, 4) is 0 Å². The molecule has 0 unspecified atom stereocenters. The predicted octanol–water partition coefficient (Wildman–Crippen LogP) is 2.81. The van der Waals surface area contributed by atoms with E-state index >= 15 is 0 Å². The van der Waals surface area contributed by atoms with E-state index in [4.69, 9.17) is 0 Å². The van der Waals surface area contributed by atoms with Gasteiger partial charge in [0.1, 0.15) is 4.21 Å². The van der Waals surface area contributed by atoms with E-state index in [1.165, 1.54) is 35.4 Å². The number of hydrogen-bond acceptors (Lipinski definition) is 5. The van der Waals surface area contributed by atoms with Gasteiger partial charge in [-0.2, -0.15) is 4.31 Å². The van der Waals surface area contributed by atoms with E-state index in [0.717, 1.165) is 29.2 Å². The van der Waals surface area contributed by atoms with Crippen LogP contribution in [-0.2, 0) is 27.9 Å². The van der Waals surface area contributed by atoms with Crippen LogP contribution in [0, 0.1) is 0 Å². The molecule has 1 aliphatic rings. The summed E-state index contributed by atoms with van der Waals surface area (Å²) in [6, 6.07) is 11.4. The minimum absolute atomic E-state index is 0.136. The number of carbonyl (C=O) groups excluding carboxylic acids is 1. The van der Waals surface area contributed by atoms with Crippen molar-refractivity contribution in [2.45, 2.75) is 37.1 Å². The van der Waals surface area contributed by atoms with Crippen LogP contribution in [0.4, 0.5) is 5.69 Å². The Morgan fingerprint density at radius 2 is 1.89 bits per heavy atom. The first kappa shape index (κ1) is 19.9. The molecule has 2 aromatic rings. The topological polar surface area (TPSA) is 69.7 Å². The van der Waals surface area contributed by atoms with E-state index in [-0.39, 0.29) is 5.91 Å². The van der Waals surface area contributed by atoms with Crippen molar-refractivity contribution in [3.05, 3.63) is 46.8 Å². The van der Waals surface area contributed by atoms with Gasteiger partial charge in [0.15, 0.2) is 0 Å². The smallest absolute Gasteiger partial charge is 0.252 e. The average molecular weight is 408 g/mol. The van der Waals surface area contributed by atoms with Crippen LogP contribution in [0.15, 0.2) is 40.6 Å². The van der Waals surface area contributed by atoms with Crippen molar-refractivity contribution >= 4 is 33.0 Å². The van der Waals surface area contributed by atoms with Gasteiger partial charge in [0.25, 0.3) is 10.0 Å². The molecule has 1 N–H and O–H groups in total. The largest absolute Gasteiger partial charge is 0.371 e. The van der Waals surface area contributed by atoms with E-state index in [1.54, 1.807) is 19.2 Å². The van der Waals surface area contributed by atoms with Crippen LogP contribution in [0.1, 0.15) is 30.2 Å². The molecule has 0 aliphatic carbocycles. The maximum atomic E-state index is 13.0. The maximum Gasteiger partial charge on any atom is 0.252 e. The van der Waals surface area contributed by atoms with E-state index in [1.807, 2.05) is 18.2 Å². The van der Waals surface area contributed by atoms with Crippen LogP contribution in [0.5, 0.6) is 0 Å².